The first-order valence-corrected chi connectivity index (χ1v) is 7.21. The highest BCUT2D eigenvalue weighted by molar-refractivity contribution is 5.76. The maximum Gasteiger partial charge on any atom is 0.416 e. The number of hydrogen-bond acceptors (Lipinski definition) is 5. The number of nitrogens with zero attached hydrogens (tertiary/aromatic N) is 5. The molecule has 2 heterocycles. The first-order chi connectivity index (χ1) is 11.4. The highest BCUT2D eigenvalue weighted by atomic mass is 19.4. The third-order valence-corrected chi connectivity index (χ3v) is 3.72. The van der Waals surface area contributed by atoms with E-state index in [-0.39, 0.29) is 31.2 Å². The zero-order chi connectivity index (χ0) is 17.2. The fraction of sp³-hybridized carbons (Fsp3) is 0.429. The van der Waals surface area contributed by atoms with Gasteiger partial charge in [-0.15, -0.1) is 5.10 Å². The van der Waals surface area contributed by atoms with Crippen LogP contribution in [0.15, 0.2) is 30.6 Å². The van der Waals surface area contributed by atoms with E-state index in [4.69, 9.17) is 4.74 Å². The van der Waals surface area contributed by atoms with Crippen molar-refractivity contribution in [2.75, 3.05) is 19.7 Å². The topological polar surface area (TPSA) is 73.1 Å². The molecule has 0 bridgehead atoms. The van der Waals surface area contributed by atoms with Crippen molar-refractivity contribution in [3.05, 3.63) is 41.7 Å². The van der Waals surface area contributed by atoms with Crippen LogP contribution in [0, 0.1) is 0 Å². The maximum atomic E-state index is 13.1. The summed E-state index contributed by atoms with van der Waals surface area (Å²) in [5.41, 5.74) is -0.713. The van der Waals surface area contributed by atoms with Gasteiger partial charge in [-0.2, -0.15) is 13.2 Å². The Balaban J connectivity index is 1.75. The van der Waals surface area contributed by atoms with Gasteiger partial charge in [0.15, 0.2) is 0 Å². The van der Waals surface area contributed by atoms with Gasteiger partial charge in [0.2, 0.25) is 5.91 Å². The van der Waals surface area contributed by atoms with Crippen molar-refractivity contribution >= 4 is 5.91 Å². The van der Waals surface area contributed by atoms with Gasteiger partial charge in [-0.1, -0.05) is 18.2 Å². The number of benzene rings is 1. The molecule has 1 atom stereocenters. The lowest BCUT2D eigenvalue weighted by atomic mass is 10.0. The van der Waals surface area contributed by atoms with E-state index in [1.54, 1.807) is 0 Å². The van der Waals surface area contributed by atoms with Gasteiger partial charge in [0, 0.05) is 6.54 Å². The SMILES string of the molecule is O=C(Cn1cnnn1)N1CCO[C@H](c2ccccc2C(F)(F)F)C1. The number of carbonyl (C=O) groups is 1. The van der Waals surface area contributed by atoms with Gasteiger partial charge in [-0.25, -0.2) is 4.68 Å². The number of morpholine rings is 1. The van der Waals surface area contributed by atoms with Crippen LogP contribution in [0.5, 0.6) is 0 Å². The number of rotatable bonds is 3. The molecule has 1 saturated heterocycles. The molecule has 0 radical (unpaired) electrons. The molecule has 0 spiro atoms. The Morgan fingerprint density at radius 2 is 2.12 bits per heavy atom. The molecular formula is C14H14F3N5O2. The van der Waals surface area contributed by atoms with E-state index in [2.05, 4.69) is 15.5 Å². The first-order valence-electron chi connectivity index (χ1n) is 7.21. The Morgan fingerprint density at radius 1 is 1.33 bits per heavy atom. The van der Waals surface area contributed by atoms with Crippen LogP contribution in [-0.4, -0.2) is 50.7 Å². The summed E-state index contributed by atoms with van der Waals surface area (Å²) in [6, 6.07) is 5.24. The minimum atomic E-state index is -4.47. The number of amides is 1. The van der Waals surface area contributed by atoms with Crippen molar-refractivity contribution in [2.24, 2.45) is 0 Å². The van der Waals surface area contributed by atoms with Crippen molar-refractivity contribution in [3.63, 3.8) is 0 Å². The normalized spacial score (nSPS) is 18.6. The largest absolute Gasteiger partial charge is 0.416 e. The predicted octanol–water partition coefficient (Wildman–Crippen LogP) is 1.29. The van der Waals surface area contributed by atoms with E-state index in [0.717, 1.165) is 6.07 Å². The van der Waals surface area contributed by atoms with Crippen molar-refractivity contribution in [2.45, 2.75) is 18.8 Å². The van der Waals surface area contributed by atoms with E-state index in [0.29, 0.717) is 6.54 Å². The lowest BCUT2D eigenvalue weighted by molar-refractivity contribution is -0.143. The number of halogens is 3. The van der Waals surface area contributed by atoms with Crippen LogP contribution in [0.1, 0.15) is 17.2 Å². The molecule has 0 unspecified atom stereocenters. The number of alkyl halides is 3. The summed E-state index contributed by atoms with van der Waals surface area (Å²) >= 11 is 0. The molecule has 1 aromatic carbocycles. The lowest BCUT2D eigenvalue weighted by Gasteiger charge is -2.34. The third kappa shape index (κ3) is 3.53. The van der Waals surface area contributed by atoms with Crippen molar-refractivity contribution in [3.8, 4) is 0 Å². The molecule has 1 aromatic heterocycles. The van der Waals surface area contributed by atoms with Crippen LogP contribution >= 0.6 is 0 Å². The highest BCUT2D eigenvalue weighted by Crippen LogP contribution is 2.36. The molecule has 128 valence electrons. The van der Waals surface area contributed by atoms with Crippen molar-refractivity contribution < 1.29 is 22.7 Å². The standard InChI is InChI=1S/C14H14F3N5O2/c15-14(16,17)11-4-2-1-3-10(11)12-7-21(5-6-24-12)13(23)8-22-9-18-19-20-22/h1-4,9,12H,5-8H2/t12-/m0/s1. The number of tetrazole rings is 1. The summed E-state index contributed by atoms with van der Waals surface area (Å²) in [5.74, 6) is -0.278. The molecule has 0 aliphatic carbocycles. The quantitative estimate of drug-likeness (QED) is 0.841. The van der Waals surface area contributed by atoms with Crippen molar-refractivity contribution in [1.82, 2.24) is 25.1 Å². The van der Waals surface area contributed by atoms with Gasteiger partial charge in [0.25, 0.3) is 0 Å². The van der Waals surface area contributed by atoms with Gasteiger partial charge in [-0.3, -0.25) is 4.79 Å². The molecule has 7 nitrogen and oxygen atoms in total. The molecular weight excluding hydrogens is 327 g/mol. The number of carbonyl (C=O) groups excluding carboxylic acids is 1. The van der Waals surface area contributed by atoms with E-state index in [1.165, 1.54) is 34.1 Å². The third-order valence-electron chi connectivity index (χ3n) is 3.72. The van der Waals surface area contributed by atoms with Crippen LogP contribution < -0.4 is 0 Å². The number of aromatic nitrogens is 4. The maximum absolute atomic E-state index is 13.1. The zero-order valence-corrected chi connectivity index (χ0v) is 12.5. The molecule has 0 saturated carbocycles. The molecule has 24 heavy (non-hydrogen) atoms. The van der Waals surface area contributed by atoms with Gasteiger partial charge in [0.1, 0.15) is 19.0 Å². The highest BCUT2D eigenvalue weighted by Gasteiger charge is 2.37. The zero-order valence-electron chi connectivity index (χ0n) is 12.5. The molecule has 0 N–H and O–H groups in total. The summed E-state index contributed by atoms with van der Waals surface area (Å²) in [6.45, 7) is 0.457. The van der Waals surface area contributed by atoms with Gasteiger partial charge < -0.3 is 9.64 Å². The van der Waals surface area contributed by atoms with Gasteiger partial charge >= 0.3 is 6.18 Å². The first kappa shape index (κ1) is 16.4. The fourth-order valence-electron chi connectivity index (χ4n) is 2.59. The van der Waals surface area contributed by atoms with Crippen LogP contribution in [0.2, 0.25) is 0 Å². The van der Waals surface area contributed by atoms with E-state index in [1.807, 2.05) is 0 Å². The molecule has 1 amide bonds. The molecule has 2 aromatic rings. The molecule has 3 rings (SSSR count). The van der Waals surface area contributed by atoms with Crippen LogP contribution in [0.3, 0.4) is 0 Å². The minimum Gasteiger partial charge on any atom is -0.370 e. The minimum absolute atomic E-state index is 0.0323. The van der Waals surface area contributed by atoms with E-state index < -0.39 is 17.8 Å². The van der Waals surface area contributed by atoms with E-state index in [9.17, 15) is 18.0 Å². The molecule has 10 heteroatoms. The summed E-state index contributed by atoms with van der Waals surface area (Å²) in [4.78, 5) is 13.7. The second-order valence-corrected chi connectivity index (χ2v) is 5.29. The van der Waals surface area contributed by atoms with Gasteiger partial charge in [-0.05, 0) is 22.1 Å². The average molecular weight is 341 g/mol. The Hall–Kier alpha value is -2.49. The summed E-state index contributed by atoms with van der Waals surface area (Å²) in [7, 11) is 0. The summed E-state index contributed by atoms with van der Waals surface area (Å²) in [5, 5.41) is 10.5. The molecule has 1 aliphatic heterocycles. The van der Waals surface area contributed by atoms with E-state index >= 15 is 0 Å². The van der Waals surface area contributed by atoms with Gasteiger partial charge in [0.05, 0.1) is 18.7 Å². The smallest absolute Gasteiger partial charge is 0.370 e. The summed E-state index contributed by atoms with van der Waals surface area (Å²) in [6.07, 6.45) is -4.00. The Labute approximate surface area is 135 Å². The predicted molar refractivity (Wildman–Crippen MR) is 74.5 cm³/mol. The molecule has 1 fully saturated rings. The second-order valence-electron chi connectivity index (χ2n) is 5.29. The Bertz CT molecular complexity index is 705. The van der Waals surface area contributed by atoms with Crippen molar-refractivity contribution in [1.29, 1.82) is 0 Å². The second kappa shape index (κ2) is 6.56. The summed E-state index contributed by atoms with van der Waals surface area (Å²) < 4.78 is 46.2. The number of hydrogen-bond donors (Lipinski definition) is 0. The van der Waals surface area contributed by atoms with Crippen LogP contribution in [0.25, 0.3) is 0 Å². The molecule has 1 aliphatic rings. The van der Waals surface area contributed by atoms with Crippen LogP contribution in [-0.2, 0) is 22.3 Å². The fourth-order valence-corrected chi connectivity index (χ4v) is 2.59. The number of ether oxygens (including phenoxy) is 1. The lowest BCUT2D eigenvalue weighted by Crippen LogP contribution is -2.44. The Kier molecular flexibility index (Phi) is 4.47. The average Bonchev–Trinajstić information content (AvgIpc) is 3.07. The Morgan fingerprint density at radius 3 is 2.83 bits per heavy atom. The van der Waals surface area contributed by atoms with Crippen LogP contribution in [0.4, 0.5) is 13.2 Å². The monoisotopic (exact) mass is 341 g/mol.